The lowest BCUT2D eigenvalue weighted by Crippen LogP contribution is -2.14. The number of hydrogen-bond donors (Lipinski definition) is 3. The molecule has 0 saturated heterocycles. The molecular weight excluding hydrogens is 436 g/mol. The summed E-state index contributed by atoms with van der Waals surface area (Å²) >= 11 is 1.30. The molecule has 0 bridgehead atoms. The average molecular weight is 459 g/mol. The molecule has 33 heavy (non-hydrogen) atoms. The quantitative estimate of drug-likeness (QED) is 0.282. The van der Waals surface area contributed by atoms with Crippen molar-refractivity contribution in [3.8, 4) is 17.1 Å². The Kier molecular flexibility index (Phi) is 6.70. The first-order chi connectivity index (χ1) is 16.0. The zero-order valence-electron chi connectivity index (χ0n) is 17.9. The summed E-state index contributed by atoms with van der Waals surface area (Å²) in [4.78, 5) is 23.7. The van der Waals surface area contributed by atoms with Gasteiger partial charge >= 0.3 is 0 Å². The molecule has 0 fully saturated rings. The van der Waals surface area contributed by atoms with E-state index in [1.165, 1.54) is 18.7 Å². The summed E-state index contributed by atoms with van der Waals surface area (Å²) in [6.07, 6.45) is 0. The molecule has 0 radical (unpaired) electrons. The van der Waals surface area contributed by atoms with E-state index in [1.54, 1.807) is 24.3 Å². The van der Waals surface area contributed by atoms with Gasteiger partial charge in [0.1, 0.15) is 0 Å². The van der Waals surface area contributed by atoms with E-state index >= 15 is 0 Å². The van der Waals surface area contributed by atoms with Crippen molar-refractivity contribution < 1.29 is 9.59 Å². The largest absolute Gasteiger partial charge is 0.399 e. The third kappa shape index (κ3) is 5.58. The van der Waals surface area contributed by atoms with Crippen LogP contribution in [-0.2, 0) is 9.59 Å². The van der Waals surface area contributed by atoms with E-state index < -0.39 is 0 Å². The van der Waals surface area contributed by atoms with Crippen molar-refractivity contribution in [2.45, 2.75) is 12.1 Å². The summed E-state index contributed by atoms with van der Waals surface area (Å²) in [5.74, 6) is 0.491. The second kappa shape index (κ2) is 10.0. The van der Waals surface area contributed by atoms with Crippen molar-refractivity contribution in [1.29, 1.82) is 0 Å². The molecule has 0 aliphatic heterocycles. The monoisotopic (exact) mass is 458 g/mol. The van der Waals surface area contributed by atoms with Crippen LogP contribution in [0.15, 0.2) is 84.0 Å². The van der Waals surface area contributed by atoms with E-state index in [0.717, 1.165) is 11.3 Å². The number of rotatable bonds is 7. The Labute approximate surface area is 195 Å². The van der Waals surface area contributed by atoms with E-state index in [1.807, 2.05) is 59.2 Å². The van der Waals surface area contributed by atoms with Crippen LogP contribution in [-0.4, -0.2) is 32.3 Å². The van der Waals surface area contributed by atoms with Gasteiger partial charge in [0.2, 0.25) is 11.8 Å². The number of carbonyl (C=O) groups excluding carboxylic acids is 2. The van der Waals surface area contributed by atoms with E-state index in [-0.39, 0.29) is 17.6 Å². The molecule has 166 valence electrons. The zero-order chi connectivity index (χ0) is 23.2. The van der Waals surface area contributed by atoms with Crippen LogP contribution in [0.25, 0.3) is 17.1 Å². The smallest absolute Gasteiger partial charge is 0.234 e. The molecule has 0 aliphatic carbocycles. The number of amides is 2. The number of benzene rings is 3. The molecule has 0 saturated carbocycles. The van der Waals surface area contributed by atoms with Gasteiger partial charge in [0.05, 0.1) is 5.75 Å². The molecule has 0 spiro atoms. The van der Waals surface area contributed by atoms with Gasteiger partial charge in [-0.1, -0.05) is 30.0 Å². The van der Waals surface area contributed by atoms with Gasteiger partial charge in [-0.15, -0.1) is 10.2 Å². The standard InChI is InChI=1S/C24H22N6O2S/c1-16(31)26-19-11-13-20(14-12-19)27-22(32)15-33-24-29-28-23(17-7-9-18(25)10-8-17)30(24)21-5-3-2-4-6-21/h2-14H,15,25H2,1H3,(H,26,31)(H,27,32). The van der Waals surface area contributed by atoms with Gasteiger partial charge in [0, 0.05) is 35.2 Å². The Morgan fingerprint density at radius 1 is 0.879 bits per heavy atom. The predicted molar refractivity (Wildman–Crippen MR) is 131 cm³/mol. The lowest BCUT2D eigenvalue weighted by molar-refractivity contribution is -0.114. The topological polar surface area (TPSA) is 115 Å². The van der Waals surface area contributed by atoms with E-state index in [2.05, 4.69) is 20.8 Å². The first kappa shape index (κ1) is 22.1. The van der Waals surface area contributed by atoms with E-state index in [0.29, 0.717) is 28.0 Å². The molecule has 9 heteroatoms. The van der Waals surface area contributed by atoms with Gasteiger partial charge in [0.25, 0.3) is 0 Å². The highest BCUT2D eigenvalue weighted by Gasteiger charge is 2.17. The minimum atomic E-state index is -0.177. The number of anilines is 3. The Balaban J connectivity index is 1.50. The summed E-state index contributed by atoms with van der Waals surface area (Å²) < 4.78 is 1.92. The summed E-state index contributed by atoms with van der Waals surface area (Å²) in [7, 11) is 0. The molecule has 0 atom stereocenters. The van der Waals surface area contributed by atoms with Crippen molar-refractivity contribution in [1.82, 2.24) is 14.8 Å². The van der Waals surface area contributed by atoms with Crippen LogP contribution in [0.5, 0.6) is 0 Å². The lowest BCUT2D eigenvalue weighted by atomic mass is 10.2. The van der Waals surface area contributed by atoms with Crippen LogP contribution < -0.4 is 16.4 Å². The number of para-hydroxylation sites is 1. The summed E-state index contributed by atoms with van der Waals surface area (Å²) in [6, 6.07) is 24.1. The fourth-order valence-electron chi connectivity index (χ4n) is 3.16. The van der Waals surface area contributed by atoms with E-state index in [9.17, 15) is 9.59 Å². The fourth-order valence-corrected chi connectivity index (χ4v) is 3.91. The van der Waals surface area contributed by atoms with Crippen LogP contribution in [0.1, 0.15) is 6.92 Å². The second-order valence-corrected chi connectivity index (χ2v) is 8.14. The van der Waals surface area contributed by atoms with Gasteiger partial charge in [-0.2, -0.15) is 0 Å². The van der Waals surface area contributed by atoms with Gasteiger partial charge in [-0.25, -0.2) is 0 Å². The Hall–Kier alpha value is -4.11. The maximum absolute atomic E-state index is 12.5. The molecule has 4 N–H and O–H groups in total. The van der Waals surface area contributed by atoms with Crippen molar-refractivity contribution >= 4 is 40.6 Å². The molecule has 2 amide bonds. The highest BCUT2D eigenvalue weighted by atomic mass is 32.2. The maximum Gasteiger partial charge on any atom is 0.234 e. The number of carbonyl (C=O) groups is 2. The highest BCUT2D eigenvalue weighted by molar-refractivity contribution is 7.99. The lowest BCUT2D eigenvalue weighted by Gasteiger charge is -2.11. The molecule has 0 aliphatic rings. The minimum absolute atomic E-state index is 0.149. The molecule has 3 aromatic carbocycles. The van der Waals surface area contributed by atoms with Gasteiger partial charge in [-0.3, -0.25) is 14.2 Å². The number of aromatic nitrogens is 3. The number of nitrogens with two attached hydrogens (primary N) is 1. The number of thioether (sulfide) groups is 1. The Morgan fingerprint density at radius 3 is 2.15 bits per heavy atom. The number of hydrogen-bond acceptors (Lipinski definition) is 6. The third-order valence-corrected chi connectivity index (χ3v) is 5.57. The molecule has 4 aromatic rings. The molecule has 8 nitrogen and oxygen atoms in total. The minimum Gasteiger partial charge on any atom is -0.399 e. The van der Waals surface area contributed by atoms with Crippen molar-refractivity contribution in [3.63, 3.8) is 0 Å². The SMILES string of the molecule is CC(=O)Nc1ccc(NC(=O)CSc2nnc(-c3ccc(N)cc3)n2-c2ccccc2)cc1. The summed E-state index contributed by atoms with van der Waals surface area (Å²) in [6.45, 7) is 1.44. The zero-order valence-corrected chi connectivity index (χ0v) is 18.7. The number of nitrogens with one attached hydrogen (secondary N) is 2. The van der Waals surface area contributed by atoms with Crippen LogP contribution >= 0.6 is 11.8 Å². The van der Waals surface area contributed by atoms with Crippen LogP contribution in [0, 0.1) is 0 Å². The summed E-state index contributed by atoms with van der Waals surface area (Å²) in [5.41, 5.74) is 9.56. The maximum atomic E-state index is 12.5. The fraction of sp³-hybridized carbons (Fsp3) is 0.0833. The van der Waals surface area contributed by atoms with E-state index in [4.69, 9.17) is 5.73 Å². The van der Waals surface area contributed by atoms with Crippen molar-refractivity contribution in [2.75, 3.05) is 22.1 Å². The number of nitrogens with zero attached hydrogens (tertiary/aromatic N) is 3. The third-order valence-electron chi connectivity index (χ3n) is 4.64. The van der Waals surface area contributed by atoms with Gasteiger partial charge in [-0.05, 0) is 60.7 Å². The molecular formula is C24H22N6O2S. The number of nitrogen functional groups attached to an aromatic ring is 1. The predicted octanol–water partition coefficient (Wildman–Crippen LogP) is 4.21. The normalized spacial score (nSPS) is 10.6. The van der Waals surface area contributed by atoms with Crippen LogP contribution in [0.4, 0.5) is 17.1 Å². The first-order valence-corrected chi connectivity index (χ1v) is 11.2. The average Bonchev–Trinajstić information content (AvgIpc) is 3.24. The van der Waals surface area contributed by atoms with Crippen molar-refractivity contribution in [3.05, 3.63) is 78.9 Å². The van der Waals surface area contributed by atoms with Crippen LogP contribution in [0.2, 0.25) is 0 Å². The van der Waals surface area contributed by atoms with Crippen molar-refractivity contribution in [2.24, 2.45) is 0 Å². The molecule has 1 aromatic heterocycles. The summed E-state index contributed by atoms with van der Waals surface area (Å²) in [5, 5.41) is 14.9. The molecule has 4 rings (SSSR count). The Morgan fingerprint density at radius 2 is 1.52 bits per heavy atom. The van der Waals surface area contributed by atoms with Gasteiger partial charge in [0.15, 0.2) is 11.0 Å². The molecule has 1 heterocycles. The Bertz CT molecular complexity index is 1250. The van der Waals surface area contributed by atoms with Gasteiger partial charge < -0.3 is 16.4 Å². The highest BCUT2D eigenvalue weighted by Crippen LogP contribution is 2.28. The molecule has 0 unspecified atom stereocenters. The first-order valence-electron chi connectivity index (χ1n) is 10.2. The second-order valence-electron chi connectivity index (χ2n) is 7.19. The van der Waals surface area contributed by atoms with Crippen LogP contribution in [0.3, 0.4) is 0 Å².